The maximum atomic E-state index is 6.07. The maximum absolute atomic E-state index is 6.07. The van der Waals surface area contributed by atoms with Crippen molar-refractivity contribution in [3.8, 4) is 5.75 Å². The van der Waals surface area contributed by atoms with Gasteiger partial charge in [0.1, 0.15) is 11.5 Å². The molecule has 6 heteroatoms. The molecule has 6 nitrogen and oxygen atoms in total. The van der Waals surface area contributed by atoms with Crippen LogP contribution in [0.15, 0.2) is 52.1 Å². The van der Waals surface area contributed by atoms with E-state index >= 15 is 0 Å². The van der Waals surface area contributed by atoms with Crippen molar-refractivity contribution in [1.82, 2.24) is 4.90 Å². The van der Waals surface area contributed by atoms with Crippen molar-refractivity contribution in [3.05, 3.63) is 48.4 Å². The van der Waals surface area contributed by atoms with Gasteiger partial charge in [0.25, 0.3) is 0 Å². The van der Waals surface area contributed by atoms with Gasteiger partial charge >= 0.3 is 0 Å². The van der Waals surface area contributed by atoms with Crippen LogP contribution >= 0.6 is 0 Å². The van der Waals surface area contributed by atoms with E-state index in [1.165, 1.54) is 19.3 Å². The minimum absolute atomic E-state index is 0.131. The van der Waals surface area contributed by atoms with Gasteiger partial charge in [-0.2, -0.15) is 0 Å². The highest BCUT2D eigenvalue weighted by molar-refractivity contribution is 5.92. The minimum Gasteiger partial charge on any atom is -0.497 e. The first-order chi connectivity index (χ1) is 12.3. The lowest BCUT2D eigenvalue weighted by molar-refractivity contribution is 0.150. The Labute approximate surface area is 148 Å². The predicted octanol–water partition coefficient (Wildman–Crippen LogP) is 3.24. The molecule has 0 bridgehead atoms. The van der Waals surface area contributed by atoms with Gasteiger partial charge in [0.2, 0.25) is 0 Å². The van der Waals surface area contributed by atoms with Crippen LogP contribution in [-0.4, -0.2) is 37.6 Å². The number of furan rings is 1. The first-order valence-corrected chi connectivity index (χ1v) is 8.74. The molecule has 1 aliphatic heterocycles. The standard InChI is InChI=1S/C19H26N4O2/c1-24-16-9-7-15(8-10-16)22-19(20)21-14-17(18-6-5-13-25-18)23-11-3-2-4-12-23/h5-10,13,17H,2-4,11-12,14H2,1H3,(H3,20,21,22). The van der Waals surface area contributed by atoms with Crippen molar-refractivity contribution < 1.29 is 9.15 Å². The highest BCUT2D eigenvalue weighted by Gasteiger charge is 2.24. The molecule has 1 aromatic carbocycles. The van der Waals surface area contributed by atoms with Gasteiger partial charge in [-0.05, 0) is 62.3 Å². The smallest absolute Gasteiger partial charge is 0.193 e. The monoisotopic (exact) mass is 342 g/mol. The molecular weight excluding hydrogens is 316 g/mol. The molecule has 2 heterocycles. The molecule has 1 aliphatic rings. The number of nitrogens with one attached hydrogen (secondary N) is 1. The summed E-state index contributed by atoms with van der Waals surface area (Å²) >= 11 is 0. The molecule has 3 N–H and O–H groups in total. The summed E-state index contributed by atoms with van der Waals surface area (Å²) in [5.41, 5.74) is 6.95. The van der Waals surface area contributed by atoms with Crippen LogP contribution in [-0.2, 0) is 0 Å². The normalized spacial score (nSPS) is 17.2. The Bertz CT molecular complexity index is 661. The summed E-state index contributed by atoms with van der Waals surface area (Å²) in [6, 6.07) is 11.7. The summed E-state index contributed by atoms with van der Waals surface area (Å²) in [5.74, 6) is 2.16. The first kappa shape index (κ1) is 17.4. The van der Waals surface area contributed by atoms with E-state index in [2.05, 4.69) is 15.2 Å². The number of ether oxygens (including phenoxy) is 1. The van der Waals surface area contributed by atoms with Crippen molar-refractivity contribution in [2.45, 2.75) is 25.3 Å². The number of benzene rings is 1. The Hall–Kier alpha value is -2.47. The van der Waals surface area contributed by atoms with Crippen LogP contribution in [0.5, 0.6) is 5.75 Å². The van der Waals surface area contributed by atoms with E-state index < -0.39 is 0 Å². The zero-order valence-corrected chi connectivity index (χ0v) is 14.6. The second-order valence-electron chi connectivity index (χ2n) is 6.21. The van der Waals surface area contributed by atoms with E-state index in [1.807, 2.05) is 36.4 Å². The number of rotatable bonds is 6. The number of hydrogen-bond donors (Lipinski definition) is 2. The highest BCUT2D eigenvalue weighted by atomic mass is 16.5. The van der Waals surface area contributed by atoms with Crippen LogP contribution in [0.1, 0.15) is 31.1 Å². The molecule has 25 heavy (non-hydrogen) atoms. The molecule has 1 aromatic heterocycles. The largest absolute Gasteiger partial charge is 0.497 e. The third-order valence-corrected chi connectivity index (χ3v) is 4.50. The van der Waals surface area contributed by atoms with E-state index in [1.54, 1.807) is 13.4 Å². The summed E-state index contributed by atoms with van der Waals surface area (Å²) in [6.07, 6.45) is 5.46. The molecule has 134 valence electrons. The fourth-order valence-corrected chi connectivity index (χ4v) is 3.14. The van der Waals surface area contributed by atoms with Crippen LogP contribution in [0.2, 0.25) is 0 Å². The summed E-state index contributed by atoms with van der Waals surface area (Å²) in [7, 11) is 1.65. The number of guanidine groups is 1. The lowest BCUT2D eigenvalue weighted by Gasteiger charge is -2.32. The number of nitrogens with two attached hydrogens (primary N) is 1. The number of anilines is 1. The molecule has 1 atom stereocenters. The van der Waals surface area contributed by atoms with Crippen LogP contribution in [0.4, 0.5) is 5.69 Å². The van der Waals surface area contributed by atoms with E-state index in [4.69, 9.17) is 14.9 Å². The Morgan fingerprint density at radius 1 is 1.24 bits per heavy atom. The summed E-state index contributed by atoms with van der Waals surface area (Å²) in [5, 5.41) is 3.12. The number of piperidine rings is 1. The third kappa shape index (κ3) is 4.76. The van der Waals surface area contributed by atoms with Gasteiger partial charge in [0.15, 0.2) is 5.96 Å². The number of hydrogen-bond acceptors (Lipinski definition) is 4. The average Bonchev–Trinajstić information content (AvgIpc) is 3.18. The number of nitrogens with zero attached hydrogens (tertiary/aromatic N) is 2. The van der Waals surface area contributed by atoms with Gasteiger partial charge in [0, 0.05) is 5.69 Å². The molecule has 1 saturated heterocycles. The van der Waals surface area contributed by atoms with Crippen molar-refractivity contribution >= 4 is 11.6 Å². The van der Waals surface area contributed by atoms with E-state index in [0.717, 1.165) is 30.3 Å². The maximum Gasteiger partial charge on any atom is 0.193 e. The van der Waals surface area contributed by atoms with Crippen LogP contribution in [0, 0.1) is 0 Å². The molecule has 3 rings (SSSR count). The Morgan fingerprint density at radius 3 is 2.64 bits per heavy atom. The Morgan fingerprint density at radius 2 is 2.00 bits per heavy atom. The van der Waals surface area contributed by atoms with Gasteiger partial charge in [0.05, 0.1) is 26.0 Å². The van der Waals surface area contributed by atoms with Crippen molar-refractivity contribution in [3.63, 3.8) is 0 Å². The fourth-order valence-electron chi connectivity index (χ4n) is 3.14. The minimum atomic E-state index is 0.131. The average molecular weight is 342 g/mol. The topological polar surface area (TPSA) is 76.0 Å². The molecule has 0 aliphatic carbocycles. The summed E-state index contributed by atoms with van der Waals surface area (Å²) < 4.78 is 10.8. The molecule has 0 saturated carbocycles. The molecule has 2 aromatic rings. The first-order valence-electron chi connectivity index (χ1n) is 8.74. The van der Waals surface area contributed by atoms with Gasteiger partial charge in [-0.3, -0.25) is 9.89 Å². The molecule has 0 spiro atoms. The molecule has 0 radical (unpaired) electrons. The van der Waals surface area contributed by atoms with Crippen LogP contribution < -0.4 is 15.8 Å². The van der Waals surface area contributed by atoms with Gasteiger partial charge in [-0.25, -0.2) is 0 Å². The van der Waals surface area contributed by atoms with Gasteiger partial charge in [-0.1, -0.05) is 6.42 Å². The summed E-state index contributed by atoms with van der Waals surface area (Å²) in [6.45, 7) is 2.72. The molecule has 1 unspecified atom stereocenters. The lowest BCUT2D eigenvalue weighted by Crippen LogP contribution is -2.36. The molecular formula is C19H26N4O2. The number of aliphatic imine (C=N–C) groups is 1. The predicted molar refractivity (Wildman–Crippen MR) is 100.0 cm³/mol. The van der Waals surface area contributed by atoms with Crippen molar-refractivity contribution in [2.75, 3.05) is 32.1 Å². The van der Waals surface area contributed by atoms with Crippen molar-refractivity contribution in [1.29, 1.82) is 0 Å². The van der Waals surface area contributed by atoms with Crippen LogP contribution in [0.25, 0.3) is 0 Å². The quantitative estimate of drug-likeness (QED) is 0.622. The van der Waals surface area contributed by atoms with Gasteiger partial charge in [-0.15, -0.1) is 0 Å². The SMILES string of the molecule is COc1ccc(NC(N)=NCC(c2ccco2)N2CCCCC2)cc1. The highest BCUT2D eigenvalue weighted by Crippen LogP contribution is 2.25. The number of likely N-dealkylation sites (tertiary alicyclic amines) is 1. The van der Waals surface area contributed by atoms with Gasteiger partial charge < -0.3 is 20.2 Å². The van der Waals surface area contributed by atoms with Crippen molar-refractivity contribution in [2.24, 2.45) is 10.7 Å². The van der Waals surface area contributed by atoms with E-state index in [0.29, 0.717) is 12.5 Å². The van der Waals surface area contributed by atoms with E-state index in [-0.39, 0.29) is 6.04 Å². The summed E-state index contributed by atoms with van der Waals surface area (Å²) in [4.78, 5) is 6.98. The molecule has 1 fully saturated rings. The lowest BCUT2D eigenvalue weighted by atomic mass is 10.1. The molecule has 0 amide bonds. The van der Waals surface area contributed by atoms with E-state index in [9.17, 15) is 0 Å². The zero-order valence-electron chi connectivity index (χ0n) is 14.6. The second kappa shape index (κ2) is 8.58. The third-order valence-electron chi connectivity index (χ3n) is 4.50. The Kier molecular flexibility index (Phi) is 5.95. The number of methoxy groups -OCH3 is 1. The fraction of sp³-hybridized carbons (Fsp3) is 0.421. The zero-order chi connectivity index (χ0) is 17.5. The Balaban J connectivity index is 1.65. The van der Waals surface area contributed by atoms with Crippen LogP contribution in [0.3, 0.4) is 0 Å². The second-order valence-corrected chi connectivity index (χ2v) is 6.21.